The van der Waals surface area contributed by atoms with E-state index in [2.05, 4.69) is 10.3 Å². The van der Waals surface area contributed by atoms with Gasteiger partial charge in [0.1, 0.15) is 0 Å². The van der Waals surface area contributed by atoms with Crippen LogP contribution < -0.4 is 27.3 Å². The van der Waals surface area contributed by atoms with E-state index in [4.69, 9.17) is 0 Å². The van der Waals surface area contributed by atoms with Crippen molar-refractivity contribution in [2.75, 3.05) is 5.32 Å². The molecule has 0 aliphatic heterocycles. The SMILES string of the molecule is Cc1ccc([S@@](=O)c2ccc(N/C=C/C=C/C=[NH+]c3ccc([S@](=O)c4ccc(C)cc4)cc3)cc2)cc1.[Br-]. The molecule has 0 spiro atoms. The normalized spacial score (nSPS) is 13.0. The van der Waals surface area contributed by atoms with Gasteiger partial charge < -0.3 is 22.3 Å². The molecule has 0 aromatic heterocycles. The molecule has 0 aliphatic rings. The summed E-state index contributed by atoms with van der Waals surface area (Å²) >= 11 is 0. The third kappa shape index (κ3) is 8.31. The maximum absolute atomic E-state index is 12.7. The number of rotatable bonds is 9. The van der Waals surface area contributed by atoms with Gasteiger partial charge in [-0.15, -0.1) is 0 Å². The van der Waals surface area contributed by atoms with E-state index in [1.165, 1.54) is 0 Å². The minimum absolute atomic E-state index is 0. The molecule has 0 bridgehead atoms. The van der Waals surface area contributed by atoms with Crippen LogP contribution in [0.3, 0.4) is 0 Å². The second-order valence-corrected chi connectivity index (χ2v) is 11.4. The summed E-state index contributed by atoms with van der Waals surface area (Å²) in [7, 11) is -2.37. The lowest BCUT2D eigenvalue weighted by atomic mass is 10.2. The van der Waals surface area contributed by atoms with Crippen molar-refractivity contribution < 1.29 is 30.4 Å². The van der Waals surface area contributed by atoms with Crippen molar-refractivity contribution in [2.24, 2.45) is 0 Å². The van der Waals surface area contributed by atoms with Gasteiger partial charge in [-0.1, -0.05) is 41.5 Å². The van der Waals surface area contributed by atoms with Crippen LogP contribution in [0.5, 0.6) is 0 Å². The van der Waals surface area contributed by atoms with E-state index in [1.807, 2.05) is 142 Å². The second-order valence-electron chi connectivity index (χ2n) is 8.41. The number of halogens is 1. The monoisotopic (exact) mass is 604 g/mol. The third-order valence-electron chi connectivity index (χ3n) is 5.52. The molecule has 0 radical (unpaired) electrons. The Hall–Kier alpha value is -3.39. The highest BCUT2D eigenvalue weighted by molar-refractivity contribution is 7.85. The van der Waals surface area contributed by atoms with Crippen LogP contribution in [0.25, 0.3) is 0 Å². The molecule has 4 aromatic rings. The van der Waals surface area contributed by atoms with Gasteiger partial charge in [0, 0.05) is 49.7 Å². The predicted octanol–water partition coefficient (Wildman–Crippen LogP) is 2.61. The lowest BCUT2D eigenvalue weighted by molar-refractivity contribution is -0.346. The first-order chi connectivity index (χ1) is 18.0. The van der Waals surface area contributed by atoms with Crippen molar-refractivity contribution in [1.29, 1.82) is 0 Å². The zero-order valence-corrected chi connectivity index (χ0v) is 24.4. The van der Waals surface area contributed by atoms with E-state index in [0.717, 1.165) is 42.1 Å². The van der Waals surface area contributed by atoms with E-state index in [9.17, 15) is 8.42 Å². The van der Waals surface area contributed by atoms with Gasteiger partial charge in [-0.25, -0.2) is 13.4 Å². The standard InChI is InChI=1S/C31H28N2O2S2.BrH/c1-24-6-14-28(15-7-24)36(34)30-18-10-26(11-19-30)32-22-4-3-5-23-33-27-12-20-31(21-13-27)37(35)29-16-8-25(2)9-17-29;/h3-23,32H,1-2H3;1H/b5-3+,22-4+,33-23?;/t36-,37-;/m1./s1. The highest BCUT2D eigenvalue weighted by atomic mass is 79.9. The third-order valence-corrected chi connectivity index (χ3v) is 8.32. The smallest absolute Gasteiger partial charge is 0.203 e. The molecule has 38 heavy (non-hydrogen) atoms. The summed E-state index contributed by atoms with van der Waals surface area (Å²) in [5, 5.41) is 3.21. The van der Waals surface area contributed by atoms with E-state index in [1.54, 1.807) is 0 Å². The molecule has 194 valence electrons. The van der Waals surface area contributed by atoms with Crippen molar-refractivity contribution in [3.63, 3.8) is 0 Å². The molecule has 0 saturated carbocycles. The Labute approximate surface area is 239 Å². The van der Waals surface area contributed by atoms with Crippen molar-refractivity contribution in [3.8, 4) is 0 Å². The Morgan fingerprint density at radius 1 is 0.579 bits per heavy atom. The molecule has 4 rings (SSSR count). The summed E-state index contributed by atoms with van der Waals surface area (Å²) in [6.07, 6.45) is 9.37. The van der Waals surface area contributed by atoms with Crippen LogP contribution in [0, 0.1) is 13.8 Å². The van der Waals surface area contributed by atoms with Crippen LogP contribution >= 0.6 is 0 Å². The Balaban J connectivity index is 0.00000400. The summed E-state index contributed by atoms with van der Waals surface area (Å²) in [5.74, 6) is 0. The first-order valence-electron chi connectivity index (χ1n) is 11.8. The fraction of sp³-hybridized carbons (Fsp3) is 0.0645. The molecule has 0 fully saturated rings. The fourth-order valence-corrected chi connectivity index (χ4v) is 5.49. The highest BCUT2D eigenvalue weighted by Gasteiger charge is 2.08. The number of aryl methyl sites for hydroxylation is 2. The van der Waals surface area contributed by atoms with Crippen LogP contribution in [0.2, 0.25) is 0 Å². The fourth-order valence-electron chi connectivity index (χ4n) is 3.41. The van der Waals surface area contributed by atoms with Gasteiger partial charge in [-0.05, 0) is 80.6 Å². The average Bonchev–Trinajstić information content (AvgIpc) is 2.93. The number of hydrogen-bond acceptors (Lipinski definition) is 3. The second kappa shape index (κ2) is 14.5. The maximum atomic E-state index is 12.7. The summed E-state index contributed by atoms with van der Waals surface area (Å²) in [6, 6.07) is 30.7. The molecule has 7 heteroatoms. The van der Waals surface area contributed by atoms with E-state index in [-0.39, 0.29) is 17.0 Å². The average molecular weight is 606 g/mol. The van der Waals surface area contributed by atoms with Gasteiger partial charge in [0.25, 0.3) is 0 Å². The Bertz CT molecular complexity index is 1460. The number of anilines is 1. The molecular weight excluding hydrogens is 576 g/mol. The lowest BCUT2D eigenvalue weighted by Crippen LogP contribution is -3.00. The Morgan fingerprint density at radius 2 is 1.00 bits per heavy atom. The van der Waals surface area contributed by atoms with Crippen LogP contribution in [0.15, 0.2) is 141 Å². The zero-order chi connectivity index (χ0) is 26.0. The molecule has 0 aliphatic carbocycles. The van der Waals surface area contributed by atoms with Gasteiger partial charge in [0.05, 0.1) is 21.6 Å². The molecule has 2 N–H and O–H groups in total. The summed E-state index contributed by atoms with van der Waals surface area (Å²) in [5.41, 5.74) is 4.13. The summed E-state index contributed by atoms with van der Waals surface area (Å²) in [6.45, 7) is 4.03. The van der Waals surface area contributed by atoms with E-state index >= 15 is 0 Å². The van der Waals surface area contributed by atoms with Gasteiger partial charge in [-0.2, -0.15) is 0 Å². The number of allylic oxidation sites excluding steroid dienone is 3. The van der Waals surface area contributed by atoms with Crippen LogP contribution in [0.4, 0.5) is 11.4 Å². The molecular formula is C31H29BrN2O2S2. The molecule has 4 aromatic carbocycles. The van der Waals surface area contributed by atoms with E-state index < -0.39 is 21.6 Å². The van der Waals surface area contributed by atoms with Crippen LogP contribution in [-0.2, 0) is 21.6 Å². The van der Waals surface area contributed by atoms with Gasteiger partial charge >= 0.3 is 0 Å². The molecule has 0 unspecified atom stereocenters. The van der Waals surface area contributed by atoms with Crippen LogP contribution in [-0.4, -0.2) is 14.6 Å². The molecule has 0 heterocycles. The van der Waals surface area contributed by atoms with Crippen molar-refractivity contribution in [1.82, 2.24) is 0 Å². The molecule has 0 amide bonds. The topological polar surface area (TPSA) is 60.1 Å². The first-order valence-corrected chi connectivity index (χ1v) is 14.1. The number of benzene rings is 4. The molecule has 2 atom stereocenters. The quantitative estimate of drug-likeness (QED) is 0.228. The minimum Gasteiger partial charge on any atom is -1.00 e. The van der Waals surface area contributed by atoms with Crippen LogP contribution in [0.1, 0.15) is 11.1 Å². The predicted molar refractivity (Wildman–Crippen MR) is 153 cm³/mol. The summed E-state index contributed by atoms with van der Waals surface area (Å²) < 4.78 is 25.4. The Kier molecular flexibility index (Phi) is 11.1. The molecule has 0 saturated heterocycles. The molecule has 4 nitrogen and oxygen atoms in total. The van der Waals surface area contributed by atoms with Crippen molar-refractivity contribution in [3.05, 3.63) is 133 Å². The number of hydrogen-bond donors (Lipinski definition) is 2. The summed E-state index contributed by atoms with van der Waals surface area (Å²) in [4.78, 5) is 6.35. The van der Waals surface area contributed by atoms with Gasteiger partial charge in [0.15, 0.2) is 6.21 Å². The first kappa shape index (κ1) is 29.2. The number of nitrogens with one attached hydrogen (secondary N) is 2. The van der Waals surface area contributed by atoms with Gasteiger partial charge in [-0.3, -0.25) is 0 Å². The zero-order valence-electron chi connectivity index (χ0n) is 21.1. The maximum Gasteiger partial charge on any atom is 0.203 e. The van der Waals surface area contributed by atoms with Crippen molar-refractivity contribution in [2.45, 2.75) is 33.4 Å². The highest BCUT2D eigenvalue weighted by Crippen LogP contribution is 2.20. The largest absolute Gasteiger partial charge is 1.00 e. The van der Waals surface area contributed by atoms with E-state index in [0.29, 0.717) is 0 Å². The van der Waals surface area contributed by atoms with Gasteiger partial charge in [0.2, 0.25) is 5.69 Å². The Morgan fingerprint density at radius 3 is 1.47 bits per heavy atom. The van der Waals surface area contributed by atoms with Crippen molar-refractivity contribution >= 4 is 39.2 Å². The minimum atomic E-state index is -1.19. The lowest BCUT2D eigenvalue weighted by Gasteiger charge is -2.05.